The third kappa shape index (κ3) is 2.72. The van der Waals surface area contributed by atoms with E-state index in [-0.39, 0.29) is 11.4 Å². The smallest absolute Gasteiger partial charge is 0.336 e. The average molecular weight is 319 g/mol. The standard InChI is InChI=1S/C15H10FNO2S2/c1-8-2-3-10(16)5-11(8)14-17-12(7-21-14)13-4-9(6-20-13)15(18)19/h2-7H,1H3,(H,18,19). The van der Waals surface area contributed by atoms with E-state index in [2.05, 4.69) is 4.98 Å². The SMILES string of the molecule is Cc1ccc(F)cc1-c1nc(-c2cc(C(=O)O)cs2)cs1. The lowest BCUT2D eigenvalue weighted by molar-refractivity contribution is 0.0697. The van der Waals surface area contributed by atoms with Gasteiger partial charge in [0.15, 0.2) is 0 Å². The fourth-order valence-corrected chi connectivity index (χ4v) is 3.74. The molecule has 2 aromatic heterocycles. The predicted octanol–water partition coefficient (Wildman–Crippen LogP) is 4.68. The van der Waals surface area contributed by atoms with Gasteiger partial charge < -0.3 is 5.11 Å². The van der Waals surface area contributed by atoms with Gasteiger partial charge in [-0.15, -0.1) is 22.7 Å². The molecule has 0 spiro atoms. The normalized spacial score (nSPS) is 10.8. The monoisotopic (exact) mass is 319 g/mol. The average Bonchev–Trinajstić information content (AvgIpc) is 3.09. The fraction of sp³-hybridized carbons (Fsp3) is 0.0667. The molecule has 2 heterocycles. The van der Waals surface area contributed by atoms with Crippen molar-refractivity contribution < 1.29 is 14.3 Å². The molecule has 0 aliphatic heterocycles. The number of thiazole rings is 1. The zero-order chi connectivity index (χ0) is 15.0. The number of aryl methyl sites for hydroxylation is 1. The summed E-state index contributed by atoms with van der Waals surface area (Å²) < 4.78 is 13.4. The van der Waals surface area contributed by atoms with Gasteiger partial charge in [0.25, 0.3) is 0 Å². The van der Waals surface area contributed by atoms with Crippen molar-refractivity contribution in [3.8, 4) is 21.1 Å². The minimum absolute atomic E-state index is 0.256. The van der Waals surface area contributed by atoms with Crippen LogP contribution in [0.1, 0.15) is 15.9 Å². The van der Waals surface area contributed by atoms with Crippen LogP contribution in [0.2, 0.25) is 0 Å². The molecule has 0 atom stereocenters. The van der Waals surface area contributed by atoms with Crippen molar-refractivity contribution in [3.63, 3.8) is 0 Å². The first-order valence-corrected chi connectivity index (χ1v) is 7.85. The lowest BCUT2D eigenvalue weighted by Crippen LogP contribution is -1.91. The highest BCUT2D eigenvalue weighted by Crippen LogP contribution is 2.33. The van der Waals surface area contributed by atoms with Crippen LogP contribution in [0.4, 0.5) is 4.39 Å². The molecule has 0 fully saturated rings. The molecule has 21 heavy (non-hydrogen) atoms. The van der Waals surface area contributed by atoms with Crippen molar-refractivity contribution in [3.05, 3.63) is 52.0 Å². The zero-order valence-corrected chi connectivity index (χ0v) is 12.6. The maximum absolute atomic E-state index is 13.4. The van der Waals surface area contributed by atoms with Crippen molar-refractivity contribution in [1.82, 2.24) is 4.98 Å². The third-order valence-electron chi connectivity index (χ3n) is 3.03. The molecule has 0 saturated carbocycles. The van der Waals surface area contributed by atoms with Crippen LogP contribution in [-0.2, 0) is 0 Å². The summed E-state index contributed by atoms with van der Waals surface area (Å²) in [7, 11) is 0. The van der Waals surface area contributed by atoms with Crippen LogP contribution in [0, 0.1) is 12.7 Å². The molecule has 1 aromatic carbocycles. The Balaban J connectivity index is 1.99. The molecule has 0 aliphatic carbocycles. The van der Waals surface area contributed by atoms with Gasteiger partial charge in [0.05, 0.1) is 16.1 Å². The Morgan fingerprint density at radius 1 is 1.24 bits per heavy atom. The summed E-state index contributed by atoms with van der Waals surface area (Å²) in [5, 5.41) is 13.1. The van der Waals surface area contributed by atoms with Gasteiger partial charge in [-0.25, -0.2) is 14.2 Å². The Kier molecular flexibility index (Phi) is 3.57. The Morgan fingerprint density at radius 3 is 2.76 bits per heavy atom. The van der Waals surface area contributed by atoms with Gasteiger partial charge in [-0.2, -0.15) is 0 Å². The number of carboxylic acids is 1. The molecule has 3 rings (SSSR count). The second kappa shape index (κ2) is 5.38. The number of aromatic carboxylic acids is 1. The predicted molar refractivity (Wildman–Crippen MR) is 82.5 cm³/mol. The lowest BCUT2D eigenvalue weighted by atomic mass is 10.1. The van der Waals surface area contributed by atoms with Crippen molar-refractivity contribution in [1.29, 1.82) is 0 Å². The van der Waals surface area contributed by atoms with Crippen molar-refractivity contribution >= 4 is 28.6 Å². The van der Waals surface area contributed by atoms with Gasteiger partial charge in [-0.1, -0.05) is 6.07 Å². The van der Waals surface area contributed by atoms with Crippen LogP contribution in [-0.4, -0.2) is 16.1 Å². The van der Waals surface area contributed by atoms with Gasteiger partial charge in [0.2, 0.25) is 0 Å². The van der Waals surface area contributed by atoms with Crippen LogP contribution < -0.4 is 0 Å². The quantitative estimate of drug-likeness (QED) is 0.762. The van der Waals surface area contributed by atoms with Gasteiger partial charge in [-0.05, 0) is 30.7 Å². The topological polar surface area (TPSA) is 50.2 Å². The molecule has 0 aliphatic rings. The largest absolute Gasteiger partial charge is 0.478 e. The number of thiophene rings is 1. The molecule has 106 valence electrons. The van der Waals surface area contributed by atoms with E-state index < -0.39 is 5.97 Å². The Bertz CT molecular complexity index is 823. The minimum Gasteiger partial charge on any atom is -0.478 e. The van der Waals surface area contributed by atoms with Crippen LogP contribution in [0.3, 0.4) is 0 Å². The number of carbonyl (C=O) groups is 1. The third-order valence-corrected chi connectivity index (χ3v) is 4.86. The van der Waals surface area contributed by atoms with E-state index in [9.17, 15) is 9.18 Å². The van der Waals surface area contributed by atoms with Gasteiger partial charge in [0.1, 0.15) is 10.8 Å². The Labute approximate surface area is 128 Å². The molecular formula is C15H10FNO2S2. The van der Waals surface area contributed by atoms with E-state index in [0.29, 0.717) is 0 Å². The highest BCUT2D eigenvalue weighted by Gasteiger charge is 2.13. The number of aromatic nitrogens is 1. The summed E-state index contributed by atoms with van der Waals surface area (Å²) in [6, 6.07) is 6.21. The van der Waals surface area contributed by atoms with Crippen molar-refractivity contribution in [2.75, 3.05) is 0 Å². The van der Waals surface area contributed by atoms with E-state index in [1.807, 2.05) is 12.3 Å². The molecule has 1 N–H and O–H groups in total. The van der Waals surface area contributed by atoms with E-state index >= 15 is 0 Å². The number of halogens is 1. The molecule has 0 amide bonds. The molecule has 6 heteroatoms. The highest BCUT2D eigenvalue weighted by molar-refractivity contribution is 7.15. The molecule has 3 nitrogen and oxygen atoms in total. The first kappa shape index (κ1) is 13.9. The maximum atomic E-state index is 13.4. The summed E-state index contributed by atoms with van der Waals surface area (Å²) in [6.45, 7) is 1.91. The first-order valence-electron chi connectivity index (χ1n) is 6.09. The van der Waals surface area contributed by atoms with Crippen LogP contribution in [0.15, 0.2) is 35.0 Å². The number of rotatable bonds is 3. The molecule has 0 saturated heterocycles. The molecule has 0 radical (unpaired) electrons. The van der Waals surface area contributed by atoms with Gasteiger partial charge in [-0.3, -0.25) is 0 Å². The highest BCUT2D eigenvalue weighted by atomic mass is 32.1. The Hall–Kier alpha value is -2.05. The summed E-state index contributed by atoms with van der Waals surface area (Å²) in [6.07, 6.45) is 0. The number of benzene rings is 1. The van der Waals surface area contributed by atoms with E-state index in [1.165, 1.54) is 34.8 Å². The second-order valence-electron chi connectivity index (χ2n) is 4.50. The van der Waals surface area contributed by atoms with E-state index in [4.69, 9.17) is 5.11 Å². The van der Waals surface area contributed by atoms with Gasteiger partial charge in [0, 0.05) is 16.3 Å². The van der Waals surface area contributed by atoms with Crippen LogP contribution in [0.25, 0.3) is 21.1 Å². The summed E-state index contributed by atoms with van der Waals surface area (Å²) in [5.41, 5.74) is 2.69. The Morgan fingerprint density at radius 2 is 2.05 bits per heavy atom. The minimum atomic E-state index is -0.950. The maximum Gasteiger partial charge on any atom is 0.336 e. The molecule has 3 aromatic rings. The van der Waals surface area contributed by atoms with Crippen molar-refractivity contribution in [2.45, 2.75) is 6.92 Å². The van der Waals surface area contributed by atoms with Crippen LogP contribution >= 0.6 is 22.7 Å². The fourth-order valence-electron chi connectivity index (χ4n) is 1.92. The van der Waals surface area contributed by atoms with Crippen molar-refractivity contribution in [2.24, 2.45) is 0 Å². The first-order chi connectivity index (χ1) is 10.0. The van der Waals surface area contributed by atoms with Crippen LogP contribution in [0.5, 0.6) is 0 Å². The number of nitrogens with zero attached hydrogens (tertiary/aromatic N) is 1. The number of carboxylic acid groups (broad SMARTS) is 1. The van der Waals surface area contributed by atoms with E-state index in [1.54, 1.807) is 17.5 Å². The number of hydrogen-bond donors (Lipinski definition) is 1. The zero-order valence-electron chi connectivity index (χ0n) is 11.0. The summed E-state index contributed by atoms with van der Waals surface area (Å²) >= 11 is 2.76. The summed E-state index contributed by atoms with van der Waals surface area (Å²) in [5.74, 6) is -1.24. The lowest BCUT2D eigenvalue weighted by Gasteiger charge is -2.01. The van der Waals surface area contributed by atoms with Gasteiger partial charge >= 0.3 is 5.97 Å². The second-order valence-corrected chi connectivity index (χ2v) is 6.27. The number of hydrogen-bond acceptors (Lipinski definition) is 4. The molecule has 0 bridgehead atoms. The molecular weight excluding hydrogens is 309 g/mol. The summed E-state index contributed by atoms with van der Waals surface area (Å²) in [4.78, 5) is 16.2. The molecule has 0 unspecified atom stereocenters. The van der Waals surface area contributed by atoms with E-state index in [0.717, 1.165) is 26.7 Å².